The van der Waals surface area contributed by atoms with Gasteiger partial charge in [-0.3, -0.25) is 4.90 Å². The lowest BCUT2D eigenvalue weighted by atomic mass is 10.1. The second-order valence-corrected chi connectivity index (χ2v) is 9.43. The topological polar surface area (TPSA) is 71.8 Å². The van der Waals surface area contributed by atoms with Gasteiger partial charge in [-0.05, 0) is 76.4 Å². The van der Waals surface area contributed by atoms with Crippen molar-refractivity contribution in [3.8, 4) is 11.3 Å². The van der Waals surface area contributed by atoms with E-state index in [2.05, 4.69) is 29.5 Å². The zero-order chi connectivity index (χ0) is 23.1. The number of rotatable bonds is 6. The van der Waals surface area contributed by atoms with E-state index < -0.39 is 11.6 Å². The van der Waals surface area contributed by atoms with Crippen LogP contribution in [0.2, 0.25) is 0 Å². The van der Waals surface area contributed by atoms with Crippen molar-refractivity contribution >= 4 is 33.5 Å². The number of aryl methyl sites for hydroxylation is 1. The molecule has 0 amide bonds. The van der Waals surface area contributed by atoms with Crippen LogP contribution in [-0.4, -0.2) is 41.9 Å². The lowest BCUT2D eigenvalue weighted by molar-refractivity contribution is 0.328. The van der Waals surface area contributed by atoms with Crippen molar-refractivity contribution in [1.82, 2.24) is 28.8 Å². The molecule has 0 radical (unpaired) electrons. The van der Waals surface area contributed by atoms with E-state index in [0.717, 1.165) is 36.5 Å². The first-order valence-electron chi connectivity index (χ1n) is 11.0. The smallest absolute Gasteiger partial charge is 0.228 e. The van der Waals surface area contributed by atoms with E-state index in [1.807, 2.05) is 31.4 Å². The summed E-state index contributed by atoms with van der Waals surface area (Å²) in [5.74, 6) is -0.189. The van der Waals surface area contributed by atoms with Crippen molar-refractivity contribution in [2.45, 2.75) is 46.2 Å². The molecule has 0 bridgehead atoms. The standard InChI is InChI=1S/C23H25F2N7S/c1-13(2)32-14(3)27-22-17(24)8-15(9-19(22)32)21-18(25)11-26-23(29-21)28-20-10-16(30-33-20)12-31-6-4-5-7-31/h8-11,13H,4-7,12H2,1-3H3,(H,26,28,29). The van der Waals surface area contributed by atoms with E-state index in [9.17, 15) is 8.78 Å². The lowest BCUT2D eigenvalue weighted by Crippen LogP contribution is -2.18. The third-order valence-electron chi connectivity index (χ3n) is 5.84. The molecule has 10 heteroatoms. The highest BCUT2D eigenvalue weighted by molar-refractivity contribution is 7.10. The Morgan fingerprint density at radius 3 is 2.64 bits per heavy atom. The van der Waals surface area contributed by atoms with Gasteiger partial charge < -0.3 is 9.88 Å². The molecule has 5 rings (SSSR count). The zero-order valence-electron chi connectivity index (χ0n) is 18.8. The fraction of sp³-hybridized carbons (Fsp3) is 0.391. The third-order valence-corrected chi connectivity index (χ3v) is 6.58. The van der Waals surface area contributed by atoms with Crippen LogP contribution in [0.5, 0.6) is 0 Å². The molecule has 0 spiro atoms. The molecule has 1 aliphatic rings. The monoisotopic (exact) mass is 469 g/mol. The summed E-state index contributed by atoms with van der Waals surface area (Å²) in [7, 11) is 0. The summed E-state index contributed by atoms with van der Waals surface area (Å²) in [5.41, 5.74) is 2.23. The number of hydrogen-bond donors (Lipinski definition) is 1. The Labute approximate surface area is 194 Å². The van der Waals surface area contributed by atoms with E-state index in [1.54, 1.807) is 6.07 Å². The number of nitrogens with zero attached hydrogens (tertiary/aromatic N) is 6. The van der Waals surface area contributed by atoms with E-state index in [1.165, 1.54) is 30.4 Å². The van der Waals surface area contributed by atoms with Crippen LogP contribution in [0.15, 0.2) is 24.4 Å². The molecule has 172 valence electrons. The summed E-state index contributed by atoms with van der Waals surface area (Å²) >= 11 is 1.31. The van der Waals surface area contributed by atoms with Crippen molar-refractivity contribution < 1.29 is 8.78 Å². The minimum Gasteiger partial charge on any atom is -0.326 e. The molecule has 7 nitrogen and oxygen atoms in total. The lowest BCUT2D eigenvalue weighted by Gasteiger charge is -2.12. The number of imidazole rings is 1. The van der Waals surface area contributed by atoms with Gasteiger partial charge >= 0.3 is 0 Å². The predicted octanol–water partition coefficient (Wildman–Crippen LogP) is 5.46. The molecule has 0 atom stereocenters. The van der Waals surface area contributed by atoms with Gasteiger partial charge in [0.05, 0.1) is 17.4 Å². The molecule has 1 aliphatic heterocycles. The van der Waals surface area contributed by atoms with Gasteiger partial charge in [0.25, 0.3) is 0 Å². The number of aromatic nitrogens is 5. The zero-order valence-corrected chi connectivity index (χ0v) is 19.6. The number of anilines is 2. The van der Waals surface area contributed by atoms with Crippen LogP contribution in [0.1, 0.15) is 44.2 Å². The summed E-state index contributed by atoms with van der Waals surface area (Å²) in [4.78, 5) is 15.1. The van der Waals surface area contributed by atoms with E-state index in [-0.39, 0.29) is 23.2 Å². The maximum absolute atomic E-state index is 14.9. The third kappa shape index (κ3) is 4.32. The molecule has 4 aromatic rings. The van der Waals surface area contributed by atoms with Crippen molar-refractivity contribution in [2.75, 3.05) is 18.4 Å². The Morgan fingerprint density at radius 2 is 1.88 bits per heavy atom. The fourth-order valence-corrected chi connectivity index (χ4v) is 5.06. The number of benzene rings is 1. The molecule has 33 heavy (non-hydrogen) atoms. The van der Waals surface area contributed by atoms with Crippen molar-refractivity contribution in [3.63, 3.8) is 0 Å². The maximum Gasteiger partial charge on any atom is 0.228 e. The Balaban J connectivity index is 1.45. The summed E-state index contributed by atoms with van der Waals surface area (Å²) in [6.07, 6.45) is 3.56. The molecule has 0 aliphatic carbocycles. The molecular weight excluding hydrogens is 444 g/mol. The molecule has 1 saturated heterocycles. The van der Waals surface area contributed by atoms with Crippen LogP contribution < -0.4 is 5.32 Å². The Morgan fingerprint density at radius 1 is 1.09 bits per heavy atom. The first-order chi connectivity index (χ1) is 15.9. The second kappa shape index (κ2) is 8.75. The summed E-state index contributed by atoms with van der Waals surface area (Å²) in [6.45, 7) is 8.84. The number of hydrogen-bond acceptors (Lipinski definition) is 7. The molecule has 1 N–H and O–H groups in total. The SMILES string of the molecule is Cc1nc2c(F)cc(-c3nc(Nc4cc(CN5CCCC5)ns4)ncc3F)cc2n1C(C)C. The molecule has 3 aromatic heterocycles. The molecule has 0 saturated carbocycles. The molecule has 4 heterocycles. The molecule has 0 unspecified atom stereocenters. The van der Waals surface area contributed by atoms with Crippen LogP contribution in [0.3, 0.4) is 0 Å². The number of likely N-dealkylation sites (tertiary alicyclic amines) is 1. The molecular formula is C23H25F2N7S. The molecule has 1 aromatic carbocycles. The first kappa shape index (κ1) is 21.8. The van der Waals surface area contributed by atoms with Gasteiger partial charge in [0.2, 0.25) is 5.95 Å². The maximum atomic E-state index is 14.9. The number of fused-ring (bicyclic) bond motifs is 1. The van der Waals surface area contributed by atoms with Gasteiger partial charge in [-0.25, -0.2) is 23.7 Å². The van der Waals surface area contributed by atoms with Gasteiger partial charge in [-0.1, -0.05) is 0 Å². The van der Waals surface area contributed by atoms with Crippen LogP contribution in [0.4, 0.5) is 19.7 Å². The average Bonchev–Trinajstić information content (AvgIpc) is 3.50. The fourth-order valence-electron chi connectivity index (χ4n) is 4.41. The first-order valence-corrected chi connectivity index (χ1v) is 11.8. The van der Waals surface area contributed by atoms with Gasteiger partial charge in [0.1, 0.15) is 22.0 Å². The van der Waals surface area contributed by atoms with Crippen LogP contribution in [0.25, 0.3) is 22.3 Å². The Bertz CT molecular complexity index is 1310. The van der Waals surface area contributed by atoms with E-state index >= 15 is 0 Å². The Kier molecular flexibility index (Phi) is 5.79. The van der Waals surface area contributed by atoms with Crippen LogP contribution >= 0.6 is 11.5 Å². The quantitative estimate of drug-likeness (QED) is 0.405. The second-order valence-electron chi connectivity index (χ2n) is 8.63. The van der Waals surface area contributed by atoms with Gasteiger partial charge in [-0.2, -0.15) is 4.37 Å². The largest absolute Gasteiger partial charge is 0.326 e. The number of nitrogens with one attached hydrogen (secondary N) is 1. The summed E-state index contributed by atoms with van der Waals surface area (Å²) in [6, 6.07) is 5.05. The Hall–Kier alpha value is -2.98. The minimum atomic E-state index is -0.620. The van der Waals surface area contributed by atoms with Gasteiger partial charge in [0.15, 0.2) is 11.6 Å². The highest BCUT2D eigenvalue weighted by Crippen LogP contribution is 2.31. The normalized spacial score (nSPS) is 14.6. The van der Waals surface area contributed by atoms with Crippen LogP contribution in [0, 0.1) is 18.6 Å². The van der Waals surface area contributed by atoms with Crippen molar-refractivity contribution in [1.29, 1.82) is 0 Å². The highest BCUT2D eigenvalue weighted by Gasteiger charge is 2.19. The predicted molar refractivity (Wildman–Crippen MR) is 126 cm³/mol. The minimum absolute atomic E-state index is 0.0317. The van der Waals surface area contributed by atoms with Crippen molar-refractivity contribution in [3.05, 3.63) is 47.5 Å². The van der Waals surface area contributed by atoms with Crippen LogP contribution in [-0.2, 0) is 6.54 Å². The van der Waals surface area contributed by atoms with E-state index in [4.69, 9.17) is 0 Å². The van der Waals surface area contributed by atoms with Gasteiger partial charge in [-0.15, -0.1) is 0 Å². The van der Waals surface area contributed by atoms with Gasteiger partial charge in [0, 0.05) is 18.2 Å². The summed E-state index contributed by atoms with van der Waals surface area (Å²) in [5, 5.41) is 3.88. The number of halogens is 2. The summed E-state index contributed by atoms with van der Waals surface area (Å²) < 4.78 is 36.0. The van der Waals surface area contributed by atoms with Crippen molar-refractivity contribution in [2.24, 2.45) is 0 Å². The van der Waals surface area contributed by atoms with E-state index in [0.29, 0.717) is 16.9 Å². The highest BCUT2D eigenvalue weighted by atomic mass is 32.1. The average molecular weight is 470 g/mol. The molecule has 1 fully saturated rings.